The first-order valence-electron chi connectivity index (χ1n) is 15.6. The normalized spacial score (nSPS) is 21.2. The predicted molar refractivity (Wildman–Crippen MR) is 163 cm³/mol. The van der Waals surface area contributed by atoms with Crippen molar-refractivity contribution in [2.45, 2.75) is 0 Å². The molecule has 44 heavy (non-hydrogen) atoms. The smallest absolute Gasteiger partial charge is 0.155 e. The van der Waals surface area contributed by atoms with E-state index in [9.17, 15) is 0 Å². The van der Waals surface area contributed by atoms with E-state index < -0.39 is 0 Å². The van der Waals surface area contributed by atoms with Crippen molar-refractivity contribution in [2.24, 2.45) is 0 Å². The Balaban J connectivity index is 1.43. The molecule has 0 amide bonds. The fourth-order valence-corrected chi connectivity index (χ4v) is 4.41. The van der Waals surface area contributed by atoms with E-state index in [2.05, 4.69) is 0 Å². The lowest BCUT2D eigenvalue weighted by molar-refractivity contribution is -0.0915. The maximum absolute atomic E-state index is 6.47. The van der Waals surface area contributed by atoms with Crippen molar-refractivity contribution in [1.82, 2.24) is 10.1 Å². The van der Waals surface area contributed by atoms with Gasteiger partial charge in [0.05, 0.1) is 132 Å². The number of benzene rings is 2. The maximum atomic E-state index is 6.47. The standard InChI is InChI=1S/C32H48N2O10/c1-3-7-31(43-33-9-13-35-17-21-39-25-26-40-22-18-36-14-10-33)29(5-1)30-6-2-4-8-32(30)44-34-11-15-37-19-23-41-27-28-42-24-20-38-16-12-34/h1-8H,9-28H2. The van der Waals surface area contributed by atoms with E-state index in [1.807, 2.05) is 58.7 Å². The van der Waals surface area contributed by atoms with Gasteiger partial charge in [-0.2, -0.15) is 0 Å². The van der Waals surface area contributed by atoms with Crippen LogP contribution in [0.5, 0.6) is 11.5 Å². The Morgan fingerprint density at radius 3 is 0.886 bits per heavy atom. The van der Waals surface area contributed by atoms with Gasteiger partial charge in [0.25, 0.3) is 0 Å². The Kier molecular flexibility index (Phi) is 17.4. The highest BCUT2D eigenvalue weighted by molar-refractivity contribution is 5.75. The van der Waals surface area contributed by atoms with Gasteiger partial charge >= 0.3 is 0 Å². The summed E-state index contributed by atoms with van der Waals surface area (Å²) in [5, 5.41) is 3.74. The van der Waals surface area contributed by atoms with Gasteiger partial charge < -0.3 is 47.6 Å². The lowest BCUT2D eigenvalue weighted by atomic mass is 10.0. The first-order valence-corrected chi connectivity index (χ1v) is 15.6. The van der Waals surface area contributed by atoms with Crippen molar-refractivity contribution < 1.29 is 47.6 Å². The van der Waals surface area contributed by atoms with E-state index in [1.54, 1.807) is 0 Å². The van der Waals surface area contributed by atoms with Gasteiger partial charge in [0.15, 0.2) is 11.5 Å². The van der Waals surface area contributed by atoms with Crippen molar-refractivity contribution in [1.29, 1.82) is 0 Å². The van der Waals surface area contributed by atoms with Crippen LogP contribution < -0.4 is 9.68 Å². The first-order chi connectivity index (χ1) is 21.9. The molecule has 12 heteroatoms. The van der Waals surface area contributed by atoms with Crippen LogP contribution in [0.25, 0.3) is 11.1 Å². The quantitative estimate of drug-likeness (QED) is 0.492. The molecule has 2 aromatic carbocycles. The van der Waals surface area contributed by atoms with Gasteiger partial charge in [0.1, 0.15) is 0 Å². The molecule has 2 heterocycles. The van der Waals surface area contributed by atoms with Gasteiger partial charge in [0.2, 0.25) is 0 Å². The molecule has 0 radical (unpaired) electrons. The molecule has 2 fully saturated rings. The van der Waals surface area contributed by atoms with Crippen LogP contribution in [-0.4, -0.2) is 142 Å². The fourth-order valence-electron chi connectivity index (χ4n) is 4.41. The van der Waals surface area contributed by atoms with Crippen LogP contribution in [-0.2, 0) is 37.9 Å². The second-order valence-electron chi connectivity index (χ2n) is 9.93. The number of hydroxylamine groups is 4. The van der Waals surface area contributed by atoms with Crippen LogP contribution in [0.15, 0.2) is 48.5 Å². The van der Waals surface area contributed by atoms with Crippen LogP contribution >= 0.6 is 0 Å². The maximum Gasteiger partial charge on any atom is 0.155 e. The highest BCUT2D eigenvalue weighted by Gasteiger charge is 2.17. The Labute approximate surface area is 260 Å². The third-order valence-electron chi connectivity index (χ3n) is 6.69. The van der Waals surface area contributed by atoms with Gasteiger partial charge in [-0.3, -0.25) is 0 Å². The van der Waals surface area contributed by atoms with Crippen molar-refractivity contribution in [3.63, 3.8) is 0 Å². The molecule has 0 saturated carbocycles. The average molecular weight is 621 g/mol. The van der Waals surface area contributed by atoms with E-state index in [4.69, 9.17) is 47.6 Å². The molecule has 2 saturated heterocycles. The minimum atomic E-state index is 0.499. The summed E-state index contributed by atoms with van der Waals surface area (Å²) in [6.45, 7) is 10.6. The first kappa shape index (κ1) is 34.5. The Bertz CT molecular complexity index is 905. The molecule has 0 atom stereocenters. The van der Waals surface area contributed by atoms with Gasteiger partial charge in [0, 0.05) is 11.1 Å². The van der Waals surface area contributed by atoms with Crippen LogP contribution in [0, 0.1) is 0 Å². The summed E-state index contributed by atoms with van der Waals surface area (Å²) in [6, 6.07) is 15.9. The van der Waals surface area contributed by atoms with Crippen LogP contribution in [0.2, 0.25) is 0 Å². The van der Waals surface area contributed by atoms with E-state index in [-0.39, 0.29) is 0 Å². The molecule has 12 nitrogen and oxygen atoms in total. The zero-order valence-electron chi connectivity index (χ0n) is 25.7. The van der Waals surface area contributed by atoms with Crippen molar-refractivity contribution in [3.05, 3.63) is 48.5 Å². The van der Waals surface area contributed by atoms with E-state index in [1.165, 1.54) is 0 Å². The zero-order chi connectivity index (χ0) is 30.3. The molecule has 0 N–H and O–H groups in total. The van der Waals surface area contributed by atoms with E-state index in [0.717, 1.165) is 11.1 Å². The molecule has 2 aliphatic rings. The molecule has 0 bridgehead atoms. The monoisotopic (exact) mass is 620 g/mol. The minimum Gasteiger partial charge on any atom is -0.405 e. The van der Waals surface area contributed by atoms with Crippen molar-refractivity contribution in [2.75, 3.05) is 132 Å². The lowest BCUT2D eigenvalue weighted by Gasteiger charge is -2.26. The highest BCUT2D eigenvalue weighted by Crippen LogP contribution is 2.37. The number of para-hydroxylation sites is 2. The number of hydrogen-bond acceptors (Lipinski definition) is 12. The Morgan fingerprint density at radius 2 is 0.591 bits per heavy atom. The lowest BCUT2D eigenvalue weighted by Crippen LogP contribution is -2.35. The average Bonchev–Trinajstić information content (AvgIpc) is 3.06. The second-order valence-corrected chi connectivity index (χ2v) is 9.93. The summed E-state index contributed by atoms with van der Waals surface area (Å²) in [5.41, 5.74) is 1.81. The molecule has 246 valence electrons. The predicted octanol–water partition coefficient (Wildman–Crippen LogP) is 2.71. The molecule has 0 spiro atoms. The summed E-state index contributed by atoms with van der Waals surface area (Å²) in [4.78, 5) is 12.9. The second kappa shape index (κ2) is 22.2. The number of ether oxygens (including phenoxy) is 8. The summed E-state index contributed by atoms with van der Waals surface area (Å²) in [7, 11) is 0. The topological polar surface area (TPSA) is 98.8 Å². The van der Waals surface area contributed by atoms with E-state index >= 15 is 0 Å². The Morgan fingerprint density at radius 1 is 0.341 bits per heavy atom. The molecule has 2 aromatic rings. The minimum absolute atomic E-state index is 0.499. The third-order valence-corrected chi connectivity index (χ3v) is 6.69. The molecule has 0 aliphatic carbocycles. The van der Waals surface area contributed by atoms with Gasteiger partial charge in [-0.15, -0.1) is 10.1 Å². The van der Waals surface area contributed by atoms with Gasteiger partial charge in [-0.25, -0.2) is 0 Å². The highest BCUT2D eigenvalue weighted by atomic mass is 16.7. The van der Waals surface area contributed by atoms with Gasteiger partial charge in [-0.05, 0) is 12.1 Å². The summed E-state index contributed by atoms with van der Waals surface area (Å²) in [6.07, 6.45) is 0. The number of rotatable bonds is 5. The number of hydrogen-bond donors (Lipinski definition) is 0. The molecule has 2 aliphatic heterocycles. The number of nitrogens with zero attached hydrogens (tertiary/aromatic N) is 2. The van der Waals surface area contributed by atoms with Crippen LogP contribution in [0.3, 0.4) is 0 Å². The molecular formula is C32H48N2O10. The van der Waals surface area contributed by atoms with E-state index in [0.29, 0.717) is 143 Å². The van der Waals surface area contributed by atoms with Crippen molar-refractivity contribution in [3.8, 4) is 22.6 Å². The van der Waals surface area contributed by atoms with Crippen LogP contribution in [0.1, 0.15) is 0 Å². The zero-order valence-corrected chi connectivity index (χ0v) is 25.7. The van der Waals surface area contributed by atoms with Crippen molar-refractivity contribution >= 4 is 0 Å². The molecule has 0 aromatic heterocycles. The summed E-state index contributed by atoms with van der Waals surface area (Å²) < 4.78 is 45.3. The summed E-state index contributed by atoms with van der Waals surface area (Å²) >= 11 is 0. The molecule has 4 rings (SSSR count). The SMILES string of the molecule is c1ccc(-c2ccccc2ON2CCOCCOCCOCCOCC2)c(ON2CCOCCOCCOCCOCC2)c1. The molecular weight excluding hydrogens is 572 g/mol. The fraction of sp³-hybridized carbons (Fsp3) is 0.625. The third kappa shape index (κ3) is 13.7. The molecule has 0 unspecified atom stereocenters. The largest absolute Gasteiger partial charge is 0.405 e. The Hall–Kier alpha value is -2.36. The summed E-state index contributed by atoms with van der Waals surface area (Å²) in [5.74, 6) is 1.41. The van der Waals surface area contributed by atoms with Gasteiger partial charge in [-0.1, -0.05) is 36.4 Å². The van der Waals surface area contributed by atoms with Crippen LogP contribution in [0.4, 0.5) is 0 Å².